The van der Waals surface area contributed by atoms with Crippen LogP contribution in [0.2, 0.25) is 0 Å². The van der Waals surface area contributed by atoms with Gasteiger partial charge in [-0.1, -0.05) is 24.3 Å². The summed E-state index contributed by atoms with van der Waals surface area (Å²) in [5.41, 5.74) is 0.739. The predicted molar refractivity (Wildman–Crippen MR) is 134 cm³/mol. The molecule has 1 fully saturated rings. The summed E-state index contributed by atoms with van der Waals surface area (Å²) in [7, 11) is 1.44. The van der Waals surface area contributed by atoms with Crippen molar-refractivity contribution in [2.75, 3.05) is 12.0 Å². The third-order valence-electron chi connectivity index (χ3n) is 5.03. The lowest BCUT2D eigenvalue weighted by molar-refractivity contribution is -0.122. The van der Waals surface area contributed by atoms with Crippen molar-refractivity contribution in [2.45, 2.75) is 6.61 Å². The van der Waals surface area contributed by atoms with Crippen LogP contribution in [0.25, 0.3) is 6.08 Å². The summed E-state index contributed by atoms with van der Waals surface area (Å²) in [5.74, 6) is -1.86. The largest absolute Gasteiger partial charge is 0.493 e. The van der Waals surface area contributed by atoms with Gasteiger partial charge in [0.2, 0.25) is 0 Å². The van der Waals surface area contributed by atoms with Crippen LogP contribution in [0.5, 0.6) is 11.5 Å². The number of nitrogens with zero attached hydrogens (tertiary/aromatic N) is 1. The maximum absolute atomic E-state index is 14.3. The minimum Gasteiger partial charge on any atom is -0.493 e. The molecule has 10 heteroatoms. The van der Waals surface area contributed by atoms with Crippen LogP contribution >= 0.6 is 28.1 Å². The standard InChI is InChI=1S/C25H17BrF2N2O4S/c1-33-21-12-15(11-18(26)22(21)34-13-14-5-4-6-16(27)9-14)10-17-23(31)29-25(35)30(24(17)32)20-8-3-2-7-19(20)28/h2-12H,13H2,1H3,(H,29,31,35)/b17-10+. The fourth-order valence-electron chi connectivity index (χ4n) is 3.42. The van der Waals surface area contributed by atoms with Gasteiger partial charge in [0.1, 0.15) is 23.8 Å². The Labute approximate surface area is 213 Å². The molecule has 1 heterocycles. The van der Waals surface area contributed by atoms with E-state index in [-0.39, 0.29) is 28.8 Å². The molecule has 0 aromatic heterocycles. The van der Waals surface area contributed by atoms with Gasteiger partial charge in [0.25, 0.3) is 11.8 Å². The van der Waals surface area contributed by atoms with Gasteiger partial charge < -0.3 is 9.47 Å². The molecule has 35 heavy (non-hydrogen) atoms. The zero-order valence-corrected chi connectivity index (χ0v) is 20.6. The zero-order valence-electron chi connectivity index (χ0n) is 18.2. The van der Waals surface area contributed by atoms with E-state index in [1.165, 1.54) is 43.5 Å². The number of thiocarbonyl (C=S) groups is 1. The molecule has 3 aromatic rings. The lowest BCUT2D eigenvalue weighted by Gasteiger charge is -2.29. The molecule has 0 bridgehead atoms. The van der Waals surface area contributed by atoms with Crippen molar-refractivity contribution in [1.82, 2.24) is 5.32 Å². The number of carbonyl (C=O) groups is 2. The van der Waals surface area contributed by atoms with E-state index in [0.29, 0.717) is 27.1 Å². The summed E-state index contributed by atoms with van der Waals surface area (Å²) < 4.78 is 39.5. The fourth-order valence-corrected chi connectivity index (χ4v) is 4.27. The van der Waals surface area contributed by atoms with Crippen LogP contribution in [0.15, 0.2) is 70.7 Å². The monoisotopic (exact) mass is 558 g/mol. The van der Waals surface area contributed by atoms with Crippen LogP contribution < -0.4 is 19.7 Å². The van der Waals surface area contributed by atoms with Gasteiger partial charge in [-0.3, -0.25) is 14.9 Å². The van der Waals surface area contributed by atoms with Crippen molar-refractivity contribution >= 4 is 56.8 Å². The number of methoxy groups -OCH3 is 1. The third-order valence-corrected chi connectivity index (χ3v) is 5.90. The highest BCUT2D eigenvalue weighted by atomic mass is 79.9. The lowest BCUT2D eigenvalue weighted by atomic mass is 10.1. The normalized spacial score (nSPS) is 14.8. The minimum atomic E-state index is -0.773. The van der Waals surface area contributed by atoms with Gasteiger partial charge in [0.05, 0.1) is 17.3 Å². The second-order valence-electron chi connectivity index (χ2n) is 7.36. The Hall–Kier alpha value is -3.63. The lowest BCUT2D eigenvalue weighted by Crippen LogP contribution is -2.54. The first kappa shape index (κ1) is 24.5. The molecule has 178 valence electrons. The molecule has 0 spiro atoms. The molecule has 1 aliphatic rings. The first-order valence-electron chi connectivity index (χ1n) is 10.2. The molecule has 0 unspecified atom stereocenters. The molecule has 0 saturated carbocycles. The van der Waals surface area contributed by atoms with Gasteiger partial charge in [0, 0.05) is 0 Å². The number of anilines is 1. The molecule has 0 radical (unpaired) electrons. The molecule has 2 amide bonds. The fraction of sp³-hybridized carbons (Fsp3) is 0.0800. The summed E-state index contributed by atoms with van der Waals surface area (Å²) in [5, 5.41) is 2.20. The molecular weight excluding hydrogens is 542 g/mol. The van der Waals surface area contributed by atoms with E-state index in [4.69, 9.17) is 21.7 Å². The van der Waals surface area contributed by atoms with Crippen molar-refractivity contribution in [3.63, 3.8) is 0 Å². The van der Waals surface area contributed by atoms with Crippen molar-refractivity contribution in [2.24, 2.45) is 0 Å². The number of amides is 2. The molecule has 1 aliphatic heterocycles. The number of ether oxygens (including phenoxy) is 2. The van der Waals surface area contributed by atoms with Gasteiger partial charge in [-0.25, -0.2) is 13.7 Å². The molecule has 0 aliphatic carbocycles. The highest BCUT2D eigenvalue weighted by Crippen LogP contribution is 2.38. The number of hydrogen-bond donors (Lipinski definition) is 1. The number of halogens is 3. The smallest absolute Gasteiger partial charge is 0.270 e. The molecular formula is C25H17BrF2N2O4S. The molecule has 0 atom stereocenters. The zero-order chi connectivity index (χ0) is 25.1. The topological polar surface area (TPSA) is 67.9 Å². The van der Waals surface area contributed by atoms with Gasteiger partial charge in [-0.05, 0) is 81.7 Å². The Morgan fingerprint density at radius 1 is 1.09 bits per heavy atom. The van der Waals surface area contributed by atoms with E-state index in [2.05, 4.69) is 21.2 Å². The van der Waals surface area contributed by atoms with Crippen molar-refractivity contribution in [3.8, 4) is 11.5 Å². The molecule has 1 saturated heterocycles. The maximum atomic E-state index is 14.3. The van der Waals surface area contributed by atoms with Crippen LogP contribution in [0, 0.1) is 11.6 Å². The van der Waals surface area contributed by atoms with Gasteiger partial charge in [-0.15, -0.1) is 0 Å². The van der Waals surface area contributed by atoms with E-state index in [1.54, 1.807) is 30.3 Å². The average Bonchev–Trinajstić information content (AvgIpc) is 2.82. The second kappa shape index (κ2) is 10.3. The van der Waals surface area contributed by atoms with Crippen LogP contribution in [0.4, 0.5) is 14.5 Å². The molecule has 1 N–H and O–H groups in total. The number of hydrogen-bond acceptors (Lipinski definition) is 5. The maximum Gasteiger partial charge on any atom is 0.270 e. The first-order valence-corrected chi connectivity index (χ1v) is 11.4. The van der Waals surface area contributed by atoms with E-state index >= 15 is 0 Å². The summed E-state index contributed by atoms with van der Waals surface area (Å²) in [6.07, 6.45) is 1.34. The quantitative estimate of drug-likeness (QED) is 0.257. The first-order chi connectivity index (χ1) is 16.8. The number of carbonyl (C=O) groups excluding carboxylic acids is 2. The second-order valence-corrected chi connectivity index (χ2v) is 8.60. The Morgan fingerprint density at radius 3 is 2.57 bits per heavy atom. The third kappa shape index (κ3) is 5.23. The Morgan fingerprint density at radius 2 is 1.86 bits per heavy atom. The van der Waals surface area contributed by atoms with Gasteiger partial charge in [-0.2, -0.15) is 0 Å². The summed E-state index contributed by atoms with van der Waals surface area (Å²) in [6, 6.07) is 14.8. The van der Waals surface area contributed by atoms with Crippen molar-refractivity contribution in [1.29, 1.82) is 0 Å². The Bertz CT molecular complexity index is 1380. The highest BCUT2D eigenvalue weighted by Gasteiger charge is 2.35. The van der Waals surface area contributed by atoms with Crippen LogP contribution in [-0.4, -0.2) is 24.0 Å². The minimum absolute atomic E-state index is 0.0757. The number of para-hydroxylation sites is 1. The summed E-state index contributed by atoms with van der Waals surface area (Å²) in [6.45, 7) is 0.0864. The summed E-state index contributed by atoms with van der Waals surface area (Å²) >= 11 is 8.52. The van der Waals surface area contributed by atoms with Crippen LogP contribution in [-0.2, 0) is 16.2 Å². The van der Waals surface area contributed by atoms with Gasteiger partial charge >= 0.3 is 0 Å². The summed E-state index contributed by atoms with van der Waals surface area (Å²) in [4.78, 5) is 26.6. The number of rotatable bonds is 6. The molecule has 6 nitrogen and oxygen atoms in total. The Balaban J connectivity index is 1.65. The van der Waals surface area contributed by atoms with E-state index in [9.17, 15) is 18.4 Å². The van der Waals surface area contributed by atoms with E-state index in [1.807, 2.05) is 0 Å². The highest BCUT2D eigenvalue weighted by molar-refractivity contribution is 9.10. The van der Waals surface area contributed by atoms with E-state index < -0.39 is 17.6 Å². The van der Waals surface area contributed by atoms with Crippen molar-refractivity contribution < 1.29 is 27.8 Å². The van der Waals surface area contributed by atoms with Crippen LogP contribution in [0.3, 0.4) is 0 Å². The number of benzene rings is 3. The van der Waals surface area contributed by atoms with Gasteiger partial charge in [0.15, 0.2) is 16.6 Å². The van der Waals surface area contributed by atoms with Crippen molar-refractivity contribution in [3.05, 3.63) is 93.5 Å². The number of nitrogens with one attached hydrogen (secondary N) is 1. The molecule has 3 aromatic carbocycles. The Kier molecular flexibility index (Phi) is 7.23. The average molecular weight is 559 g/mol. The molecule has 4 rings (SSSR count). The van der Waals surface area contributed by atoms with E-state index in [0.717, 1.165) is 4.90 Å². The SMILES string of the molecule is COc1cc(/C=C2\C(=O)NC(=S)N(c3ccccc3F)C2=O)cc(Br)c1OCc1cccc(F)c1. The predicted octanol–water partition coefficient (Wildman–Crippen LogP) is 5.15. The van der Waals surface area contributed by atoms with Crippen LogP contribution in [0.1, 0.15) is 11.1 Å².